The van der Waals surface area contributed by atoms with E-state index in [1.807, 2.05) is 18.2 Å². The Morgan fingerprint density at radius 3 is 2.79 bits per heavy atom. The quantitative estimate of drug-likeness (QED) is 0.784. The third-order valence-electron chi connectivity index (χ3n) is 3.61. The van der Waals surface area contributed by atoms with Gasteiger partial charge in [0.05, 0.1) is 13.2 Å². The van der Waals surface area contributed by atoms with Crippen LogP contribution in [0, 0.1) is 0 Å². The van der Waals surface area contributed by atoms with Gasteiger partial charge >= 0.3 is 0 Å². The summed E-state index contributed by atoms with van der Waals surface area (Å²) in [5, 5.41) is 2.80. The molecule has 100 valence electrons. The number of ether oxygens (including phenoxy) is 1. The average molecular weight is 260 g/mol. The molecule has 1 fully saturated rings. The monoisotopic (exact) mass is 260 g/mol. The first-order valence-corrected chi connectivity index (χ1v) is 6.51. The van der Waals surface area contributed by atoms with Crippen LogP contribution >= 0.6 is 0 Å². The predicted octanol–water partition coefficient (Wildman–Crippen LogP) is 0.200. The minimum Gasteiger partial charge on any atom is -0.378 e. The largest absolute Gasteiger partial charge is 0.378 e. The zero-order valence-electron chi connectivity index (χ0n) is 10.6. The molecule has 1 aromatic rings. The molecule has 0 aliphatic carbocycles. The van der Waals surface area contributed by atoms with E-state index in [-0.39, 0.29) is 11.8 Å². The average Bonchev–Trinajstić information content (AvgIpc) is 2.47. The molecule has 0 bridgehead atoms. The van der Waals surface area contributed by atoms with Gasteiger partial charge < -0.3 is 15.0 Å². The Labute approximate surface area is 111 Å². The lowest BCUT2D eigenvalue weighted by Crippen LogP contribution is -2.54. The summed E-state index contributed by atoms with van der Waals surface area (Å²) in [6.07, 6.45) is 0.568. The maximum Gasteiger partial charge on any atom is 0.252 e. The van der Waals surface area contributed by atoms with Gasteiger partial charge in [-0.05, 0) is 11.6 Å². The van der Waals surface area contributed by atoms with Gasteiger partial charge in [-0.3, -0.25) is 9.59 Å². The highest BCUT2D eigenvalue weighted by Gasteiger charge is 2.32. The van der Waals surface area contributed by atoms with Gasteiger partial charge in [-0.2, -0.15) is 0 Å². The molecule has 3 rings (SSSR count). The Balaban J connectivity index is 1.77. The van der Waals surface area contributed by atoms with Gasteiger partial charge in [-0.15, -0.1) is 0 Å². The summed E-state index contributed by atoms with van der Waals surface area (Å²) in [6.45, 7) is 2.35. The molecule has 1 N–H and O–H groups in total. The molecule has 2 aliphatic rings. The van der Waals surface area contributed by atoms with Crippen molar-refractivity contribution in [1.29, 1.82) is 0 Å². The molecular weight excluding hydrogens is 244 g/mol. The molecule has 5 heteroatoms. The fourth-order valence-corrected chi connectivity index (χ4v) is 2.58. The summed E-state index contributed by atoms with van der Waals surface area (Å²) < 4.78 is 5.23. The summed E-state index contributed by atoms with van der Waals surface area (Å²) in [4.78, 5) is 26.1. The number of nitrogens with zero attached hydrogens (tertiary/aromatic N) is 1. The van der Waals surface area contributed by atoms with Gasteiger partial charge in [0.25, 0.3) is 5.91 Å². The minimum atomic E-state index is -0.444. The van der Waals surface area contributed by atoms with Crippen molar-refractivity contribution in [2.45, 2.75) is 12.5 Å². The topological polar surface area (TPSA) is 58.6 Å². The molecule has 0 radical (unpaired) electrons. The molecule has 19 heavy (non-hydrogen) atoms. The molecule has 1 aromatic carbocycles. The Morgan fingerprint density at radius 2 is 2.00 bits per heavy atom. The van der Waals surface area contributed by atoms with Crippen molar-refractivity contribution in [2.24, 2.45) is 0 Å². The molecule has 1 saturated heterocycles. The Kier molecular flexibility index (Phi) is 3.21. The lowest BCUT2D eigenvalue weighted by Gasteiger charge is -2.32. The first-order valence-electron chi connectivity index (χ1n) is 6.51. The van der Waals surface area contributed by atoms with Gasteiger partial charge in [-0.1, -0.05) is 18.2 Å². The second-order valence-corrected chi connectivity index (χ2v) is 4.82. The Hall–Kier alpha value is -1.88. The molecule has 2 aliphatic heterocycles. The second-order valence-electron chi connectivity index (χ2n) is 4.82. The lowest BCUT2D eigenvalue weighted by molar-refractivity contribution is -0.137. The van der Waals surface area contributed by atoms with Crippen LogP contribution in [-0.2, 0) is 16.0 Å². The molecule has 2 amide bonds. The van der Waals surface area contributed by atoms with Crippen LogP contribution < -0.4 is 5.32 Å². The number of morpholine rings is 1. The van der Waals surface area contributed by atoms with Crippen LogP contribution in [0.3, 0.4) is 0 Å². The van der Waals surface area contributed by atoms with E-state index in [1.165, 1.54) is 0 Å². The Bertz CT molecular complexity index is 509. The van der Waals surface area contributed by atoms with Crippen LogP contribution in [0.5, 0.6) is 0 Å². The summed E-state index contributed by atoms with van der Waals surface area (Å²) in [5.74, 6) is -0.167. The molecule has 0 aromatic heterocycles. The fourth-order valence-electron chi connectivity index (χ4n) is 2.58. The number of amides is 2. The standard InChI is InChI=1S/C14H16N2O3/c17-13-11-4-2-1-3-10(11)9-12(15-13)14(18)16-5-7-19-8-6-16/h1-4,12H,5-9H2,(H,15,17). The maximum atomic E-state index is 12.4. The van der Waals surface area contributed by atoms with Gasteiger partial charge in [0.1, 0.15) is 6.04 Å². The molecule has 1 unspecified atom stereocenters. The molecule has 0 saturated carbocycles. The van der Waals surface area contributed by atoms with Crippen LogP contribution in [-0.4, -0.2) is 49.1 Å². The third-order valence-corrected chi connectivity index (χ3v) is 3.61. The number of rotatable bonds is 1. The summed E-state index contributed by atoms with van der Waals surface area (Å²) in [6, 6.07) is 6.99. The van der Waals surface area contributed by atoms with Crippen molar-refractivity contribution in [1.82, 2.24) is 10.2 Å². The highest BCUT2D eigenvalue weighted by Crippen LogP contribution is 2.17. The maximum absolute atomic E-state index is 12.4. The van der Waals surface area contributed by atoms with Crippen LogP contribution in [0.2, 0.25) is 0 Å². The number of carbonyl (C=O) groups is 2. The van der Waals surface area contributed by atoms with E-state index in [0.717, 1.165) is 5.56 Å². The first kappa shape index (κ1) is 12.2. The number of fused-ring (bicyclic) bond motifs is 1. The van der Waals surface area contributed by atoms with Gasteiger partial charge in [-0.25, -0.2) is 0 Å². The van der Waals surface area contributed by atoms with E-state index in [4.69, 9.17) is 4.74 Å². The van der Waals surface area contributed by atoms with Crippen LogP contribution in [0.15, 0.2) is 24.3 Å². The summed E-state index contributed by atoms with van der Waals surface area (Å²) >= 11 is 0. The molecule has 0 spiro atoms. The number of carbonyl (C=O) groups excluding carboxylic acids is 2. The third kappa shape index (κ3) is 2.33. The summed E-state index contributed by atoms with van der Waals surface area (Å²) in [7, 11) is 0. The van der Waals surface area contributed by atoms with Crippen molar-refractivity contribution in [3.8, 4) is 0 Å². The van der Waals surface area contributed by atoms with Crippen LogP contribution in [0.1, 0.15) is 15.9 Å². The molecular formula is C14H16N2O3. The number of hydrogen-bond acceptors (Lipinski definition) is 3. The normalized spacial score (nSPS) is 22.6. The van der Waals surface area contributed by atoms with Crippen LogP contribution in [0.25, 0.3) is 0 Å². The minimum absolute atomic E-state index is 0.00819. The Morgan fingerprint density at radius 1 is 1.26 bits per heavy atom. The predicted molar refractivity (Wildman–Crippen MR) is 68.8 cm³/mol. The zero-order valence-corrected chi connectivity index (χ0v) is 10.6. The second kappa shape index (κ2) is 5.01. The number of nitrogens with one attached hydrogen (secondary N) is 1. The van der Waals surface area contributed by atoms with E-state index < -0.39 is 6.04 Å². The SMILES string of the molecule is O=C1NC(C(=O)N2CCOCC2)Cc2ccccc21. The van der Waals surface area contributed by atoms with Crippen LogP contribution in [0.4, 0.5) is 0 Å². The van der Waals surface area contributed by atoms with Gasteiger partial charge in [0.15, 0.2) is 0 Å². The molecule has 2 heterocycles. The van der Waals surface area contributed by atoms with Crippen molar-refractivity contribution in [3.05, 3.63) is 35.4 Å². The smallest absolute Gasteiger partial charge is 0.252 e. The van der Waals surface area contributed by atoms with Gasteiger partial charge in [0.2, 0.25) is 5.91 Å². The highest BCUT2D eigenvalue weighted by molar-refractivity contribution is 6.00. The first-order chi connectivity index (χ1) is 9.25. The fraction of sp³-hybridized carbons (Fsp3) is 0.429. The van der Waals surface area contributed by atoms with Crippen molar-refractivity contribution in [2.75, 3.05) is 26.3 Å². The molecule has 1 atom stereocenters. The van der Waals surface area contributed by atoms with E-state index in [1.54, 1.807) is 11.0 Å². The van der Waals surface area contributed by atoms with E-state index in [0.29, 0.717) is 38.3 Å². The summed E-state index contributed by atoms with van der Waals surface area (Å²) in [5.41, 5.74) is 1.62. The molecule has 5 nitrogen and oxygen atoms in total. The number of benzene rings is 1. The van der Waals surface area contributed by atoms with Crippen molar-refractivity contribution >= 4 is 11.8 Å². The van der Waals surface area contributed by atoms with Crippen molar-refractivity contribution < 1.29 is 14.3 Å². The van der Waals surface area contributed by atoms with E-state index >= 15 is 0 Å². The zero-order chi connectivity index (χ0) is 13.2. The van der Waals surface area contributed by atoms with Gasteiger partial charge in [0, 0.05) is 25.1 Å². The van der Waals surface area contributed by atoms with Crippen molar-refractivity contribution in [3.63, 3.8) is 0 Å². The van der Waals surface area contributed by atoms with E-state index in [9.17, 15) is 9.59 Å². The lowest BCUT2D eigenvalue weighted by atomic mass is 9.94. The highest BCUT2D eigenvalue weighted by atomic mass is 16.5. The number of hydrogen-bond donors (Lipinski definition) is 1. The van der Waals surface area contributed by atoms with E-state index in [2.05, 4.69) is 5.32 Å².